The van der Waals surface area contributed by atoms with Crippen molar-refractivity contribution in [1.82, 2.24) is 15.5 Å². The first-order chi connectivity index (χ1) is 11.4. The fraction of sp³-hybridized carbons (Fsp3) is 0.579. The summed E-state index contributed by atoms with van der Waals surface area (Å²) in [6.07, 6.45) is 7.53. The van der Waals surface area contributed by atoms with Crippen LogP contribution in [0, 0.1) is 11.8 Å². The lowest BCUT2D eigenvalue weighted by molar-refractivity contribution is 0.330. The third-order valence-corrected chi connectivity index (χ3v) is 5.91. The molecule has 0 amide bonds. The largest absolute Gasteiger partial charge is 0.339 e. The Hall–Kier alpha value is -1.68. The van der Waals surface area contributed by atoms with Crippen LogP contribution in [0.5, 0.6) is 0 Å². The second-order valence-corrected chi connectivity index (χ2v) is 7.50. The van der Waals surface area contributed by atoms with Gasteiger partial charge in [-0.05, 0) is 61.5 Å². The van der Waals surface area contributed by atoms with E-state index in [1.54, 1.807) is 11.1 Å². The van der Waals surface area contributed by atoms with E-state index in [1.165, 1.54) is 38.5 Å². The van der Waals surface area contributed by atoms with Crippen LogP contribution in [0.3, 0.4) is 0 Å². The van der Waals surface area contributed by atoms with Crippen LogP contribution in [-0.4, -0.2) is 16.2 Å². The van der Waals surface area contributed by atoms with Crippen molar-refractivity contribution in [2.24, 2.45) is 11.8 Å². The molecule has 2 aromatic rings. The topological polar surface area (TPSA) is 51.0 Å². The Morgan fingerprint density at radius 2 is 1.70 bits per heavy atom. The normalized spacial score (nSPS) is 29.3. The maximum absolute atomic E-state index is 5.37. The van der Waals surface area contributed by atoms with Crippen LogP contribution < -0.4 is 5.32 Å². The van der Waals surface area contributed by atoms with Gasteiger partial charge in [-0.2, -0.15) is 4.98 Å². The van der Waals surface area contributed by atoms with E-state index in [-0.39, 0.29) is 0 Å². The molecular formula is C19H23N3O. The molecule has 4 nitrogen and oxygen atoms in total. The molecule has 2 fully saturated rings. The lowest BCUT2D eigenvalue weighted by atomic mass is 9.94. The number of rotatable bonds is 4. The van der Waals surface area contributed by atoms with Gasteiger partial charge in [0.15, 0.2) is 5.82 Å². The monoisotopic (exact) mass is 309 g/mol. The van der Waals surface area contributed by atoms with Gasteiger partial charge in [-0.3, -0.25) is 0 Å². The Labute approximate surface area is 136 Å². The van der Waals surface area contributed by atoms with E-state index in [1.807, 2.05) is 0 Å². The summed E-state index contributed by atoms with van der Waals surface area (Å²) in [5, 5.41) is 7.91. The highest BCUT2D eigenvalue weighted by Gasteiger charge is 2.38. The molecule has 5 rings (SSSR count). The zero-order valence-electron chi connectivity index (χ0n) is 13.4. The van der Waals surface area contributed by atoms with Gasteiger partial charge in [-0.25, -0.2) is 0 Å². The summed E-state index contributed by atoms with van der Waals surface area (Å²) >= 11 is 0. The van der Waals surface area contributed by atoms with Gasteiger partial charge in [0.25, 0.3) is 0 Å². The van der Waals surface area contributed by atoms with Gasteiger partial charge in [0.2, 0.25) is 5.89 Å². The van der Waals surface area contributed by atoms with Crippen molar-refractivity contribution in [3.05, 3.63) is 47.1 Å². The molecule has 2 bridgehead atoms. The standard InChI is InChI=1S/C19H23N3O/c1-2-4-14-10-16-8-7-15(9-13(14)3-1)18(16)20-11-17-21-19(23-22-17)12-5-6-12/h1-4,12,15-16,18,20H,5-11H2. The lowest BCUT2D eigenvalue weighted by Crippen LogP contribution is -2.37. The third kappa shape index (κ3) is 2.59. The minimum atomic E-state index is 0.541. The molecule has 0 aliphatic heterocycles. The highest BCUT2D eigenvalue weighted by atomic mass is 16.5. The van der Waals surface area contributed by atoms with Crippen molar-refractivity contribution in [3.8, 4) is 0 Å². The van der Waals surface area contributed by atoms with Crippen molar-refractivity contribution in [2.75, 3.05) is 0 Å². The molecule has 3 aliphatic rings. The van der Waals surface area contributed by atoms with Crippen LogP contribution in [-0.2, 0) is 19.4 Å². The molecule has 1 N–H and O–H groups in total. The predicted octanol–water partition coefficient (Wildman–Crippen LogP) is 3.23. The summed E-state index contributed by atoms with van der Waals surface area (Å²) in [6.45, 7) is 0.740. The number of nitrogens with one attached hydrogen (secondary N) is 1. The molecule has 2 unspecified atom stereocenters. The number of hydrogen-bond acceptors (Lipinski definition) is 4. The van der Waals surface area contributed by atoms with Crippen molar-refractivity contribution >= 4 is 0 Å². The Bertz CT molecular complexity index is 673. The fourth-order valence-electron chi connectivity index (χ4n) is 4.53. The summed E-state index contributed by atoms with van der Waals surface area (Å²) in [5.41, 5.74) is 3.11. The van der Waals surface area contributed by atoms with Gasteiger partial charge in [0.05, 0.1) is 6.54 Å². The lowest BCUT2D eigenvalue weighted by Gasteiger charge is -2.23. The van der Waals surface area contributed by atoms with Crippen LogP contribution >= 0.6 is 0 Å². The van der Waals surface area contributed by atoms with E-state index in [2.05, 4.69) is 39.7 Å². The van der Waals surface area contributed by atoms with E-state index >= 15 is 0 Å². The van der Waals surface area contributed by atoms with Crippen LogP contribution in [0.15, 0.2) is 28.8 Å². The molecule has 1 heterocycles. The fourth-order valence-corrected chi connectivity index (χ4v) is 4.53. The molecule has 0 saturated heterocycles. The second-order valence-electron chi connectivity index (χ2n) is 7.50. The van der Waals surface area contributed by atoms with Crippen molar-refractivity contribution in [1.29, 1.82) is 0 Å². The van der Waals surface area contributed by atoms with E-state index in [0.717, 1.165) is 30.1 Å². The first kappa shape index (κ1) is 13.7. The molecule has 0 radical (unpaired) electrons. The zero-order valence-corrected chi connectivity index (χ0v) is 13.4. The summed E-state index contributed by atoms with van der Waals surface area (Å²) in [5.74, 6) is 3.71. The number of hydrogen-bond donors (Lipinski definition) is 1. The number of fused-ring (bicyclic) bond motifs is 3. The second kappa shape index (κ2) is 5.45. The maximum Gasteiger partial charge on any atom is 0.229 e. The van der Waals surface area contributed by atoms with E-state index in [9.17, 15) is 0 Å². The molecule has 1 aromatic carbocycles. The van der Waals surface area contributed by atoms with Gasteiger partial charge in [-0.1, -0.05) is 29.4 Å². The summed E-state index contributed by atoms with van der Waals surface area (Å²) < 4.78 is 5.37. The summed E-state index contributed by atoms with van der Waals surface area (Å²) in [7, 11) is 0. The third-order valence-electron chi connectivity index (χ3n) is 5.91. The minimum absolute atomic E-state index is 0.541. The molecule has 2 atom stereocenters. The van der Waals surface area contributed by atoms with E-state index in [4.69, 9.17) is 4.52 Å². The van der Waals surface area contributed by atoms with Crippen molar-refractivity contribution in [2.45, 2.75) is 57.0 Å². The highest BCUT2D eigenvalue weighted by molar-refractivity contribution is 5.30. The molecule has 3 aliphatic carbocycles. The summed E-state index contributed by atoms with van der Waals surface area (Å²) in [4.78, 5) is 4.55. The molecule has 2 saturated carbocycles. The molecule has 4 heteroatoms. The van der Waals surface area contributed by atoms with E-state index in [0.29, 0.717) is 12.0 Å². The van der Waals surface area contributed by atoms with Gasteiger partial charge in [0, 0.05) is 12.0 Å². The van der Waals surface area contributed by atoms with Crippen LogP contribution in [0.25, 0.3) is 0 Å². The molecule has 1 aromatic heterocycles. The number of aromatic nitrogens is 2. The minimum Gasteiger partial charge on any atom is -0.339 e. The SMILES string of the molecule is c1ccc2c(c1)CC1CCC(C2)C1NCc1noc(C2CC2)n1. The van der Waals surface area contributed by atoms with Gasteiger partial charge < -0.3 is 9.84 Å². The molecular weight excluding hydrogens is 286 g/mol. The van der Waals surface area contributed by atoms with E-state index < -0.39 is 0 Å². The average Bonchev–Trinajstić information content (AvgIpc) is 3.22. The van der Waals surface area contributed by atoms with Crippen LogP contribution in [0.4, 0.5) is 0 Å². The highest BCUT2D eigenvalue weighted by Crippen LogP contribution is 2.40. The Kier molecular flexibility index (Phi) is 3.25. The van der Waals surface area contributed by atoms with Crippen LogP contribution in [0.2, 0.25) is 0 Å². The Balaban J connectivity index is 1.29. The first-order valence-corrected chi connectivity index (χ1v) is 8.99. The Morgan fingerprint density at radius 3 is 2.35 bits per heavy atom. The first-order valence-electron chi connectivity index (χ1n) is 8.99. The van der Waals surface area contributed by atoms with Gasteiger partial charge >= 0.3 is 0 Å². The Morgan fingerprint density at radius 1 is 1.00 bits per heavy atom. The zero-order chi connectivity index (χ0) is 15.2. The summed E-state index contributed by atoms with van der Waals surface area (Å²) in [6, 6.07) is 9.57. The average molecular weight is 309 g/mol. The predicted molar refractivity (Wildman–Crippen MR) is 87.0 cm³/mol. The van der Waals surface area contributed by atoms with Crippen LogP contribution in [0.1, 0.15) is 54.4 Å². The molecule has 23 heavy (non-hydrogen) atoms. The number of nitrogens with zero attached hydrogens (tertiary/aromatic N) is 2. The number of benzene rings is 1. The molecule has 120 valence electrons. The van der Waals surface area contributed by atoms with Crippen molar-refractivity contribution in [3.63, 3.8) is 0 Å². The quantitative estimate of drug-likeness (QED) is 0.942. The van der Waals surface area contributed by atoms with Crippen molar-refractivity contribution < 1.29 is 4.52 Å². The maximum atomic E-state index is 5.37. The van der Waals surface area contributed by atoms with Gasteiger partial charge in [-0.15, -0.1) is 0 Å². The van der Waals surface area contributed by atoms with Gasteiger partial charge in [0.1, 0.15) is 0 Å². The smallest absolute Gasteiger partial charge is 0.229 e. The molecule has 0 spiro atoms.